The highest BCUT2D eigenvalue weighted by Gasteiger charge is 2.30. The molecule has 1 fully saturated rings. The summed E-state index contributed by atoms with van der Waals surface area (Å²) in [4.78, 5) is 11.6. The fraction of sp³-hybridized carbons (Fsp3) is 0.688. The minimum atomic E-state index is -0.541. The third-order valence-corrected chi connectivity index (χ3v) is 4.18. The van der Waals surface area contributed by atoms with Crippen LogP contribution in [0.15, 0.2) is 24.3 Å². The number of fused-ring (bicyclic) bond motifs is 1. The molecule has 0 saturated heterocycles. The fourth-order valence-electron chi connectivity index (χ4n) is 3.09. The summed E-state index contributed by atoms with van der Waals surface area (Å²) in [5, 5.41) is 10.2. The van der Waals surface area contributed by atoms with Crippen LogP contribution in [0, 0.1) is 11.8 Å². The van der Waals surface area contributed by atoms with Gasteiger partial charge in [-0.2, -0.15) is 0 Å². The van der Waals surface area contributed by atoms with Crippen LogP contribution in [-0.4, -0.2) is 23.3 Å². The minimum Gasteiger partial charge on any atom is -0.460 e. The molecule has 0 aromatic heterocycles. The van der Waals surface area contributed by atoms with E-state index >= 15 is 0 Å². The molecule has 2 rings (SSSR count). The van der Waals surface area contributed by atoms with E-state index in [2.05, 4.69) is 12.2 Å². The molecule has 1 aliphatic heterocycles. The SMILES string of the molecule is C[C@@H]1CCC/C=C/[C@H]2CCC[C@@H]2[C@@H](O)/C=C/C(=O)O1. The standard InChI is InChI=1S/C16H24O3/c1-12-6-3-2-4-7-13-8-5-9-14(13)15(17)10-11-16(18)19-12/h4,7,10-15,17H,2-3,5-6,8-9H2,1H3/b7-4+,11-10+/t12-,13+,14+,15+/m1/s1. The van der Waals surface area contributed by atoms with Gasteiger partial charge < -0.3 is 9.84 Å². The van der Waals surface area contributed by atoms with E-state index in [0.717, 1.165) is 38.5 Å². The van der Waals surface area contributed by atoms with Crippen molar-refractivity contribution in [3.05, 3.63) is 24.3 Å². The van der Waals surface area contributed by atoms with Gasteiger partial charge in [-0.25, -0.2) is 4.79 Å². The van der Waals surface area contributed by atoms with Crippen molar-refractivity contribution in [2.75, 3.05) is 0 Å². The second kappa shape index (κ2) is 6.90. The molecule has 0 spiro atoms. The Morgan fingerprint density at radius 3 is 2.89 bits per heavy atom. The second-order valence-electron chi connectivity index (χ2n) is 5.71. The van der Waals surface area contributed by atoms with Gasteiger partial charge in [-0.05, 0) is 56.9 Å². The van der Waals surface area contributed by atoms with Crippen molar-refractivity contribution in [3.8, 4) is 0 Å². The summed E-state index contributed by atoms with van der Waals surface area (Å²) in [6.07, 6.45) is 13.2. The number of cyclic esters (lactones) is 1. The topological polar surface area (TPSA) is 46.5 Å². The predicted octanol–water partition coefficient (Wildman–Crippen LogP) is 2.99. The first-order valence-electron chi connectivity index (χ1n) is 7.40. The summed E-state index contributed by atoms with van der Waals surface area (Å²) in [5.74, 6) is 0.362. The highest BCUT2D eigenvalue weighted by atomic mass is 16.5. The van der Waals surface area contributed by atoms with Crippen molar-refractivity contribution in [2.45, 2.75) is 57.7 Å². The van der Waals surface area contributed by atoms with Crippen LogP contribution in [-0.2, 0) is 9.53 Å². The summed E-state index contributed by atoms with van der Waals surface area (Å²) >= 11 is 0. The summed E-state index contributed by atoms with van der Waals surface area (Å²) in [5.41, 5.74) is 0. The normalized spacial score (nSPS) is 40.2. The average molecular weight is 264 g/mol. The van der Waals surface area contributed by atoms with Crippen LogP contribution in [0.5, 0.6) is 0 Å². The number of carbonyl (C=O) groups is 1. The molecule has 2 aliphatic rings. The Morgan fingerprint density at radius 1 is 1.21 bits per heavy atom. The van der Waals surface area contributed by atoms with Gasteiger partial charge in [0.05, 0.1) is 12.2 Å². The van der Waals surface area contributed by atoms with Crippen LogP contribution >= 0.6 is 0 Å². The van der Waals surface area contributed by atoms with Crippen molar-refractivity contribution in [1.82, 2.24) is 0 Å². The maximum absolute atomic E-state index is 11.6. The van der Waals surface area contributed by atoms with Crippen LogP contribution in [0.1, 0.15) is 45.4 Å². The van der Waals surface area contributed by atoms with Gasteiger partial charge in [0, 0.05) is 6.08 Å². The van der Waals surface area contributed by atoms with E-state index in [1.54, 1.807) is 6.08 Å². The second-order valence-corrected chi connectivity index (χ2v) is 5.71. The van der Waals surface area contributed by atoms with Crippen molar-refractivity contribution < 1.29 is 14.6 Å². The molecular formula is C16H24O3. The third kappa shape index (κ3) is 4.20. The first-order chi connectivity index (χ1) is 9.16. The molecule has 1 aliphatic carbocycles. The Morgan fingerprint density at radius 2 is 2.05 bits per heavy atom. The Labute approximate surface area is 115 Å². The molecule has 0 unspecified atom stereocenters. The van der Waals surface area contributed by atoms with Crippen LogP contribution in [0.2, 0.25) is 0 Å². The quantitative estimate of drug-likeness (QED) is 0.540. The number of esters is 1. The molecular weight excluding hydrogens is 240 g/mol. The first-order valence-corrected chi connectivity index (χ1v) is 7.40. The highest BCUT2D eigenvalue weighted by molar-refractivity contribution is 5.82. The number of carbonyl (C=O) groups excluding carboxylic acids is 1. The zero-order valence-electron chi connectivity index (χ0n) is 11.6. The largest absolute Gasteiger partial charge is 0.460 e. The lowest BCUT2D eigenvalue weighted by Crippen LogP contribution is -2.21. The summed E-state index contributed by atoms with van der Waals surface area (Å²) < 4.78 is 5.26. The van der Waals surface area contributed by atoms with Gasteiger partial charge in [-0.3, -0.25) is 0 Å². The average Bonchev–Trinajstić information content (AvgIpc) is 2.83. The van der Waals surface area contributed by atoms with E-state index in [1.807, 2.05) is 6.92 Å². The molecule has 3 nitrogen and oxygen atoms in total. The Hall–Kier alpha value is -1.09. The lowest BCUT2D eigenvalue weighted by Gasteiger charge is -2.20. The van der Waals surface area contributed by atoms with E-state index in [1.165, 1.54) is 6.08 Å². The van der Waals surface area contributed by atoms with E-state index in [0.29, 0.717) is 5.92 Å². The van der Waals surface area contributed by atoms with Crippen molar-refractivity contribution in [1.29, 1.82) is 0 Å². The number of hydrogen-bond donors (Lipinski definition) is 1. The molecule has 19 heavy (non-hydrogen) atoms. The zero-order valence-corrected chi connectivity index (χ0v) is 11.6. The first kappa shape index (κ1) is 14.3. The number of ether oxygens (including phenoxy) is 1. The Bertz CT molecular complexity index is 359. The number of allylic oxidation sites excluding steroid dienone is 2. The molecule has 4 atom stereocenters. The summed E-state index contributed by atoms with van der Waals surface area (Å²) in [7, 11) is 0. The molecule has 0 bridgehead atoms. The fourth-order valence-corrected chi connectivity index (χ4v) is 3.09. The molecule has 1 saturated carbocycles. The lowest BCUT2D eigenvalue weighted by atomic mass is 9.90. The van der Waals surface area contributed by atoms with E-state index < -0.39 is 6.10 Å². The van der Waals surface area contributed by atoms with Gasteiger partial charge in [0.25, 0.3) is 0 Å². The van der Waals surface area contributed by atoms with Gasteiger partial charge in [0.2, 0.25) is 0 Å². The van der Waals surface area contributed by atoms with Gasteiger partial charge in [0.1, 0.15) is 0 Å². The number of aliphatic hydroxyl groups is 1. The number of hydrogen-bond acceptors (Lipinski definition) is 3. The Balaban J connectivity index is 2.08. The summed E-state index contributed by atoms with van der Waals surface area (Å²) in [6, 6.07) is 0. The van der Waals surface area contributed by atoms with E-state index in [4.69, 9.17) is 4.74 Å². The smallest absolute Gasteiger partial charge is 0.330 e. The molecule has 0 aromatic rings. The van der Waals surface area contributed by atoms with E-state index in [9.17, 15) is 9.90 Å². The Kier molecular flexibility index (Phi) is 5.20. The molecule has 1 N–H and O–H groups in total. The number of aliphatic hydroxyl groups excluding tert-OH is 1. The molecule has 0 aromatic carbocycles. The van der Waals surface area contributed by atoms with Crippen molar-refractivity contribution in [2.24, 2.45) is 11.8 Å². The van der Waals surface area contributed by atoms with Crippen LogP contribution in [0.3, 0.4) is 0 Å². The molecule has 3 heteroatoms. The third-order valence-electron chi connectivity index (χ3n) is 4.18. The highest BCUT2D eigenvalue weighted by Crippen LogP contribution is 2.35. The van der Waals surface area contributed by atoms with Gasteiger partial charge in [-0.15, -0.1) is 0 Å². The maximum atomic E-state index is 11.6. The van der Waals surface area contributed by atoms with Crippen LogP contribution in [0.4, 0.5) is 0 Å². The minimum absolute atomic E-state index is 0.0528. The van der Waals surface area contributed by atoms with Crippen LogP contribution in [0.25, 0.3) is 0 Å². The molecule has 106 valence electrons. The summed E-state index contributed by atoms with van der Waals surface area (Å²) in [6.45, 7) is 1.92. The van der Waals surface area contributed by atoms with Crippen molar-refractivity contribution in [3.63, 3.8) is 0 Å². The zero-order chi connectivity index (χ0) is 13.7. The van der Waals surface area contributed by atoms with Crippen LogP contribution < -0.4 is 0 Å². The molecule has 0 amide bonds. The van der Waals surface area contributed by atoms with Crippen molar-refractivity contribution >= 4 is 5.97 Å². The predicted molar refractivity (Wildman–Crippen MR) is 74.5 cm³/mol. The number of rotatable bonds is 0. The van der Waals surface area contributed by atoms with E-state index in [-0.39, 0.29) is 18.0 Å². The van der Waals surface area contributed by atoms with Gasteiger partial charge in [0.15, 0.2) is 0 Å². The monoisotopic (exact) mass is 264 g/mol. The molecule has 0 radical (unpaired) electrons. The lowest BCUT2D eigenvalue weighted by molar-refractivity contribution is -0.142. The molecule has 1 heterocycles. The van der Waals surface area contributed by atoms with Gasteiger partial charge >= 0.3 is 5.97 Å². The van der Waals surface area contributed by atoms with Gasteiger partial charge in [-0.1, -0.05) is 18.6 Å². The maximum Gasteiger partial charge on any atom is 0.330 e.